The van der Waals surface area contributed by atoms with Crippen molar-refractivity contribution >= 4 is 11.8 Å². The van der Waals surface area contributed by atoms with Crippen LogP contribution in [-0.2, 0) is 16.0 Å². The molecule has 1 unspecified atom stereocenters. The van der Waals surface area contributed by atoms with E-state index in [0.29, 0.717) is 31.7 Å². The molecule has 1 N–H and O–H groups in total. The summed E-state index contributed by atoms with van der Waals surface area (Å²) in [6, 6.07) is 3.83. The lowest BCUT2D eigenvalue weighted by Gasteiger charge is -2.27. The second-order valence-electron chi connectivity index (χ2n) is 7.13. The van der Waals surface area contributed by atoms with Gasteiger partial charge in [-0.05, 0) is 36.8 Å². The number of rotatable bonds is 6. The van der Waals surface area contributed by atoms with Crippen molar-refractivity contribution in [1.82, 2.24) is 15.2 Å². The summed E-state index contributed by atoms with van der Waals surface area (Å²) in [6.07, 6.45) is 11.5. The van der Waals surface area contributed by atoms with Crippen molar-refractivity contribution in [3.05, 3.63) is 30.1 Å². The first-order valence-corrected chi connectivity index (χ1v) is 9.17. The molecule has 0 bridgehead atoms. The molecule has 2 fully saturated rings. The van der Waals surface area contributed by atoms with Gasteiger partial charge in [0.2, 0.25) is 11.8 Å². The Kier molecular flexibility index (Phi) is 5.83. The second kappa shape index (κ2) is 8.27. The number of nitrogens with zero attached hydrogens (tertiary/aromatic N) is 2. The maximum atomic E-state index is 12.2. The van der Waals surface area contributed by atoms with E-state index in [0.717, 1.165) is 12.1 Å². The van der Waals surface area contributed by atoms with Crippen molar-refractivity contribution in [3.63, 3.8) is 0 Å². The van der Waals surface area contributed by atoms with Crippen molar-refractivity contribution in [2.75, 3.05) is 13.1 Å². The van der Waals surface area contributed by atoms with Gasteiger partial charge in [0.15, 0.2) is 0 Å². The number of carbonyl (C=O) groups is 2. The highest BCUT2D eigenvalue weighted by Crippen LogP contribution is 2.26. The first-order chi connectivity index (χ1) is 11.7. The lowest BCUT2D eigenvalue weighted by atomic mass is 9.89. The lowest BCUT2D eigenvalue weighted by Crippen LogP contribution is -2.38. The third-order valence-electron chi connectivity index (χ3n) is 5.15. The Labute approximate surface area is 143 Å². The highest BCUT2D eigenvalue weighted by molar-refractivity contribution is 5.82. The van der Waals surface area contributed by atoms with Crippen LogP contribution in [0.2, 0.25) is 0 Å². The first kappa shape index (κ1) is 16.9. The predicted octanol–water partition coefficient (Wildman–Crippen LogP) is 2.31. The number of amides is 2. The Bertz CT molecular complexity index is 555. The Morgan fingerprint density at radius 3 is 2.88 bits per heavy atom. The summed E-state index contributed by atoms with van der Waals surface area (Å²) >= 11 is 0. The Hall–Kier alpha value is -1.91. The molecule has 1 saturated carbocycles. The molecule has 24 heavy (non-hydrogen) atoms. The average molecular weight is 329 g/mol. The number of likely N-dealkylation sites (tertiary alicyclic amines) is 1. The number of hydrogen-bond donors (Lipinski definition) is 1. The van der Waals surface area contributed by atoms with Crippen molar-refractivity contribution in [2.45, 2.75) is 57.4 Å². The molecule has 0 radical (unpaired) electrons. The summed E-state index contributed by atoms with van der Waals surface area (Å²) in [4.78, 5) is 30.3. The van der Waals surface area contributed by atoms with E-state index in [1.807, 2.05) is 17.0 Å². The van der Waals surface area contributed by atoms with Crippen LogP contribution in [0.4, 0.5) is 0 Å². The molecular weight excluding hydrogens is 302 g/mol. The Morgan fingerprint density at radius 1 is 1.29 bits per heavy atom. The van der Waals surface area contributed by atoms with Gasteiger partial charge in [-0.15, -0.1) is 0 Å². The number of aryl methyl sites for hydroxylation is 1. The molecule has 5 nitrogen and oxygen atoms in total. The van der Waals surface area contributed by atoms with E-state index in [1.165, 1.54) is 32.1 Å². The third-order valence-corrected chi connectivity index (χ3v) is 5.15. The van der Waals surface area contributed by atoms with Crippen LogP contribution < -0.4 is 5.32 Å². The second-order valence-corrected chi connectivity index (χ2v) is 7.13. The number of pyridine rings is 1. The minimum absolute atomic E-state index is 0.0242. The van der Waals surface area contributed by atoms with E-state index >= 15 is 0 Å². The van der Waals surface area contributed by atoms with E-state index in [4.69, 9.17) is 0 Å². The minimum atomic E-state index is -0.0255. The van der Waals surface area contributed by atoms with E-state index < -0.39 is 0 Å². The van der Waals surface area contributed by atoms with Crippen LogP contribution >= 0.6 is 0 Å². The van der Waals surface area contributed by atoms with Gasteiger partial charge in [0, 0.05) is 38.3 Å². The fourth-order valence-corrected chi connectivity index (χ4v) is 3.83. The molecule has 1 saturated heterocycles. The molecule has 1 aromatic rings. The lowest BCUT2D eigenvalue weighted by molar-refractivity contribution is -0.128. The molecule has 1 aliphatic heterocycles. The molecule has 1 aromatic heterocycles. The summed E-state index contributed by atoms with van der Waals surface area (Å²) in [5.74, 6) is 0.872. The van der Waals surface area contributed by atoms with Crippen LogP contribution in [0.1, 0.15) is 50.5 Å². The summed E-state index contributed by atoms with van der Waals surface area (Å²) in [5.41, 5.74) is 1.06. The van der Waals surface area contributed by atoms with E-state index in [2.05, 4.69) is 10.3 Å². The molecule has 3 rings (SSSR count). The number of nitrogens with one attached hydrogen (secondary N) is 1. The average Bonchev–Trinajstić information content (AvgIpc) is 2.94. The number of hydrogen-bond acceptors (Lipinski definition) is 3. The van der Waals surface area contributed by atoms with E-state index in [-0.39, 0.29) is 17.9 Å². The SMILES string of the molecule is O=C(CCc1cccnc1)NC1CC(=O)N(CC2CCCCC2)C1. The fraction of sp³-hybridized carbons (Fsp3) is 0.632. The van der Waals surface area contributed by atoms with Gasteiger partial charge >= 0.3 is 0 Å². The highest BCUT2D eigenvalue weighted by Gasteiger charge is 2.32. The van der Waals surface area contributed by atoms with Crippen LogP contribution in [0.25, 0.3) is 0 Å². The number of aromatic nitrogens is 1. The van der Waals surface area contributed by atoms with Gasteiger partial charge in [-0.25, -0.2) is 0 Å². The normalized spacial score (nSPS) is 21.9. The molecule has 2 amide bonds. The van der Waals surface area contributed by atoms with Gasteiger partial charge in [0.25, 0.3) is 0 Å². The molecule has 5 heteroatoms. The zero-order valence-electron chi connectivity index (χ0n) is 14.2. The van der Waals surface area contributed by atoms with Gasteiger partial charge in [0.05, 0.1) is 6.04 Å². The van der Waals surface area contributed by atoms with Gasteiger partial charge in [0.1, 0.15) is 0 Å². The molecule has 0 spiro atoms. The van der Waals surface area contributed by atoms with Crippen molar-refractivity contribution < 1.29 is 9.59 Å². The van der Waals surface area contributed by atoms with E-state index in [9.17, 15) is 9.59 Å². The molecule has 0 aromatic carbocycles. The largest absolute Gasteiger partial charge is 0.351 e. The highest BCUT2D eigenvalue weighted by atomic mass is 16.2. The van der Waals surface area contributed by atoms with Gasteiger partial charge < -0.3 is 10.2 Å². The maximum Gasteiger partial charge on any atom is 0.224 e. The van der Waals surface area contributed by atoms with Crippen LogP contribution in [0.5, 0.6) is 0 Å². The Balaban J connectivity index is 1.41. The maximum absolute atomic E-state index is 12.2. The van der Waals surface area contributed by atoms with Gasteiger partial charge in [-0.1, -0.05) is 25.3 Å². The minimum Gasteiger partial charge on any atom is -0.351 e. The molecule has 2 heterocycles. The quantitative estimate of drug-likeness (QED) is 0.871. The summed E-state index contributed by atoms with van der Waals surface area (Å²) in [6.45, 7) is 1.55. The molecular formula is C19H27N3O2. The monoisotopic (exact) mass is 329 g/mol. The summed E-state index contributed by atoms with van der Waals surface area (Å²) < 4.78 is 0. The fourth-order valence-electron chi connectivity index (χ4n) is 3.83. The third kappa shape index (κ3) is 4.79. The topological polar surface area (TPSA) is 62.3 Å². The zero-order chi connectivity index (χ0) is 16.8. The van der Waals surface area contributed by atoms with Crippen LogP contribution in [0.15, 0.2) is 24.5 Å². The van der Waals surface area contributed by atoms with Gasteiger partial charge in [-0.2, -0.15) is 0 Å². The standard InChI is InChI=1S/C19H27N3O2/c23-18(9-8-15-7-4-10-20-12-15)21-17-11-19(24)22(14-17)13-16-5-2-1-3-6-16/h4,7,10,12,16-17H,1-3,5-6,8-9,11,13-14H2,(H,21,23). The molecule has 2 aliphatic rings. The van der Waals surface area contributed by atoms with Crippen LogP contribution in [0.3, 0.4) is 0 Å². The number of carbonyl (C=O) groups excluding carboxylic acids is 2. The van der Waals surface area contributed by atoms with Crippen molar-refractivity contribution in [2.24, 2.45) is 5.92 Å². The molecule has 1 aliphatic carbocycles. The van der Waals surface area contributed by atoms with Crippen molar-refractivity contribution in [1.29, 1.82) is 0 Å². The Morgan fingerprint density at radius 2 is 2.12 bits per heavy atom. The summed E-state index contributed by atoms with van der Waals surface area (Å²) in [7, 11) is 0. The predicted molar refractivity (Wildman–Crippen MR) is 92.3 cm³/mol. The molecule has 130 valence electrons. The smallest absolute Gasteiger partial charge is 0.224 e. The first-order valence-electron chi connectivity index (χ1n) is 9.17. The van der Waals surface area contributed by atoms with Crippen LogP contribution in [0, 0.1) is 5.92 Å². The zero-order valence-corrected chi connectivity index (χ0v) is 14.2. The van der Waals surface area contributed by atoms with Crippen LogP contribution in [-0.4, -0.2) is 40.8 Å². The summed E-state index contributed by atoms with van der Waals surface area (Å²) in [5, 5.41) is 3.02. The van der Waals surface area contributed by atoms with Crippen molar-refractivity contribution in [3.8, 4) is 0 Å². The molecule has 1 atom stereocenters. The van der Waals surface area contributed by atoms with E-state index in [1.54, 1.807) is 12.4 Å². The van der Waals surface area contributed by atoms with Gasteiger partial charge in [-0.3, -0.25) is 14.6 Å².